The smallest absolute Gasteiger partial charge is 0.132 e. The molecule has 1 aromatic rings. The third kappa shape index (κ3) is 1.81. The number of hydrogen-bond acceptors (Lipinski definition) is 1. The summed E-state index contributed by atoms with van der Waals surface area (Å²) in [5.74, 6) is 0.384. The molecule has 0 fully saturated rings. The minimum atomic E-state index is 0.384. The van der Waals surface area contributed by atoms with E-state index in [0.29, 0.717) is 5.75 Å². The van der Waals surface area contributed by atoms with Gasteiger partial charge in [-0.25, -0.2) is 0 Å². The van der Waals surface area contributed by atoms with Gasteiger partial charge < -0.3 is 5.11 Å². The van der Waals surface area contributed by atoms with Gasteiger partial charge in [0.15, 0.2) is 0 Å². The summed E-state index contributed by atoms with van der Waals surface area (Å²) in [7, 11) is 0. The van der Waals surface area contributed by atoms with E-state index in [2.05, 4.69) is 28.9 Å². The third-order valence-corrected chi connectivity index (χ3v) is 2.60. The van der Waals surface area contributed by atoms with Crippen LogP contribution in [0.5, 0.6) is 5.75 Å². The zero-order chi connectivity index (χ0) is 9.14. The molecule has 1 nitrogen and oxygen atoms in total. The maximum Gasteiger partial charge on any atom is 0.132 e. The van der Waals surface area contributed by atoms with Gasteiger partial charge in [-0.1, -0.05) is 19.9 Å². The second kappa shape index (κ2) is 3.94. The summed E-state index contributed by atoms with van der Waals surface area (Å²) in [6.07, 6.45) is 1.88. The van der Waals surface area contributed by atoms with Crippen molar-refractivity contribution in [1.29, 1.82) is 0 Å². The van der Waals surface area contributed by atoms with E-state index in [1.807, 2.05) is 13.0 Å². The van der Waals surface area contributed by atoms with Crippen molar-refractivity contribution in [2.24, 2.45) is 0 Å². The number of phenols is 1. The van der Waals surface area contributed by atoms with E-state index >= 15 is 0 Å². The molecule has 0 saturated carbocycles. The van der Waals surface area contributed by atoms with Crippen LogP contribution in [0.3, 0.4) is 0 Å². The van der Waals surface area contributed by atoms with Gasteiger partial charge in [0.25, 0.3) is 0 Å². The molecule has 0 aliphatic heterocycles. The van der Waals surface area contributed by atoms with Gasteiger partial charge in [-0.05, 0) is 46.0 Å². The van der Waals surface area contributed by atoms with E-state index in [9.17, 15) is 5.11 Å². The number of aromatic hydroxyl groups is 1. The van der Waals surface area contributed by atoms with Crippen LogP contribution in [0.4, 0.5) is 0 Å². The van der Waals surface area contributed by atoms with Gasteiger partial charge in [0, 0.05) is 0 Å². The van der Waals surface area contributed by atoms with Gasteiger partial charge in [-0.2, -0.15) is 0 Å². The minimum Gasteiger partial charge on any atom is -0.506 e. The van der Waals surface area contributed by atoms with Gasteiger partial charge >= 0.3 is 0 Å². The Morgan fingerprint density at radius 3 is 2.42 bits per heavy atom. The first-order chi connectivity index (χ1) is 5.69. The molecule has 0 atom stereocenters. The Labute approximate surface area is 81.6 Å². The molecular weight excluding hydrogens is 216 g/mol. The zero-order valence-corrected chi connectivity index (χ0v) is 8.98. The molecule has 12 heavy (non-hydrogen) atoms. The summed E-state index contributed by atoms with van der Waals surface area (Å²) in [4.78, 5) is 0. The predicted molar refractivity (Wildman–Crippen MR) is 54.6 cm³/mol. The number of aryl methyl sites for hydroxylation is 2. The van der Waals surface area contributed by atoms with Crippen molar-refractivity contribution < 1.29 is 5.11 Å². The number of benzene rings is 1. The van der Waals surface area contributed by atoms with Crippen LogP contribution in [0, 0.1) is 0 Å². The summed E-state index contributed by atoms with van der Waals surface area (Å²) in [5, 5.41) is 9.57. The average molecular weight is 229 g/mol. The molecule has 2 heteroatoms. The second-order valence-corrected chi connectivity index (χ2v) is 3.65. The molecule has 0 heterocycles. The lowest BCUT2D eigenvalue weighted by atomic mass is 10.1. The van der Waals surface area contributed by atoms with Crippen molar-refractivity contribution in [2.75, 3.05) is 0 Å². The summed E-state index contributed by atoms with van der Waals surface area (Å²) in [5.41, 5.74) is 2.28. The lowest BCUT2D eigenvalue weighted by Crippen LogP contribution is -1.87. The molecule has 0 aliphatic rings. The molecule has 0 spiro atoms. The summed E-state index contributed by atoms with van der Waals surface area (Å²) >= 11 is 3.33. The number of rotatable bonds is 2. The van der Waals surface area contributed by atoms with Gasteiger partial charge in [0.05, 0.1) is 4.47 Å². The first kappa shape index (κ1) is 9.59. The molecule has 0 bridgehead atoms. The minimum absolute atomic E-state index is 0.384. The maximum atomic E-state index is 9.57. The number of halogens is 1. The SMILES string of the molecule is CCc1cc(Br)c(O)c(CC)c1. The Morgan fingerprint density at radius 2 is 1.92 bits per heavy atom. The van der Waals surface area contributed by atoms with Crippen LogP contribution >= 0.6 is 15.9 Å². The molecule has 1 rings (SSSR count). The van der Waals surface area contributed by atoms with Crippen molar-refractivity contribution in [3.8, 4) is 5.75 Å². The molecule has 0 unspecified atom stereocenters. The lowest BCUT2D eigenvalue weighted by Gasteiger charge is -2.06. The Kier molecular flexibility index (Phi) is 3.15. The van der Waals surface area contributed by atoms with Crippen LogP contribution in [0.1, 0.15) is 25.0 Å². The molecule has 1 aromatic carbocycles. The van der Waals surface area contributed by atoms with Crippen molar-refractivity contribution in [3.05, 3.63) is 27.7 Å². The fourth-order valence-corrected chi connectivity index (χ4v) is 1.74. The number of phenolic OH excluding ortho intramolecular Hbond substituents is 1. The van der Waals surface area contributed by atoms with E-state index in [1.54, 1.807) is 0 Å². The Hall–Kier alpha value is -0.500. The van der Waals surface area contributed by atoms with E-state index in [4.69, 9.17) is 0 Å². The van der Waals surface area contributed by atoms with Gasteiger partial charge in [-0.15, -0.1) is 0 Å². The largest absolute Gasteiger partial charge is 0.506 e. The lowest BCUT2D eigenvalue weighted by molar-refractivity contribution is 0.465. The second-order valence-electron chi connectivity index (χ2n) is 2.79. The van der Waals surface area contributed by atoms with Crippen LogP contribution < -0.4 is 0 Å². The topological polar surface area (TPSA) is 20.2 Å². The molecule has 0 amide bonds. The Bertz CT molecular complexity index is 281. The predicted octanol–water partition coefficient (Wildman–Crippen LogP) is 3.28. The molecule has 0 saturated heterocycles. The first-order valence-electron chi connectivity index (χ1n) is 4.19. The molecular formula is C10H13BrO. The highest BCUT2D eigenvalue weighted by Crippen LogP contribution is 2.29. The van der Waals surface area contributed by atoms with Gasteiger partial charge in [0.2, 0.25) is 0 Å². The van der Waals surface area contributed by atoms with Crippen LogP contribution in [-0.4, -0.2) is 5.11 Å². The highest BCUT2D eigenvalue weighted by Gasteiger charge is 2.04. The highest BCUT2D eigenvalue weighted by molar-refractivity contribution is 9.10. The molecule has 66 valence electrons. The van der Waals surface area contributed by atoms with Crippen molar-refractivity contribution in [2.45, 2.75) is 26.7 Å². The van der Waals surface area contributed by atoms with E-state index in [1.165, 1.54) is 5.56 Å². The van der Waals surface area contributed by atoms with E-state index in [0.717, 1.165) is 22.9 Å². The molecule has 0 aliphatic carbocycles. The molecule has 0 radical (unpaired) electrons. The summed E-state index contributed by atoms with van der Waals surface area (Å²) < 4.78 is 0.804. The first-order valence-corrected chi connectivity index (χ1v) is 4.98. The standard InChI is InChI=1S/C10H13BrO/c1-3-7-5-8(4-2)10(12)9(11)6-7/h5-6,12H,3-4H2,1-2H3. The monoisotopic (exact) mass is 228 g/mol. The van der Waals surface area contributed by atoms with Crippen LogP contribution in [0.25, 0.3) is 0 Å². The van der Waals surface area contributed by atoms with Gasteiger partial charge in [0.1, 0.15) is 5.75 Å². The van der Waals surface area contributed by atoms with Crippen LogP contribution in [0.15, 0.2) is 16.6 Å². The van der Waals surface area contributed by atoms with Crippen molar-refractivity contribution in [3.63, 3.8) is 0 Å². The summed E-state index contributed by atoms with van der Waals surface area (Å²) in [6.45, 7) is 4.15. The number of hydrogen-bond donors (Lipinski definition) is 1. The fourth-order valence-electron chi connectivity index (χ4n) is 1.19. The van der Waals surface area contributed by atoms with E-state index < -0.39 is 0 Å². The van der Waals surface area contributed by atoms with Crippen molar-refractivity contribution in [1.82, 2.24) is 0 Å². The van der Waals surface area contributed by atoms with Gasteiger partial charge in [-0.3, -0.25) is 0 Å². The normalized spacial score (nSPS) is 10.2. The van der Waals surface area contributed by atoms with Crippen LogP contribution in [-0.2, 0) is 12.8 Å². The fraction of sp³-hybridized carbons (Fsp3) is 0.400. The Balaban J connectivity index is 3.19. The Morgan fingerprint density at radius 1 is 1.25 bits per heavy atom. The summed E-state index contributed by atoms with van der Waals surface area (Å²) in [6, 6.07) is 4.02. The molecule has 1 N–H and O–H groups in total. The quantitative estimate of drug-likeness (QED) is 0.824. The molecule has 0 aromatic heterocycles. The average Bonchev–Trinajstić information content (AvgIpc) is 2.09. The van der Waals surface area contributed by atoms with Crippen molar-refractivity contribution >= 4 is 15.9 Å². The highest BCUT2D eigenvalue weighted by atomic mass is 79.9. The maximum absolute atomic E-state index is 9.57. The third-order valence-electron chi connectivity index (χ3n) is 1.99. The van der Waals surface area contributed by atoms with E-state index in [-0.39, 0.29) is 0 Å². The van der Waals surface area contributed by atoms with Crippen LogP contribution in [0.2, 0.25) is 0 Å². The zero-order valence-electron chi connectivity index (χ0n) is 7.39.